The Bertz CT molecular complexity index is 612. The van der Waals surface area contributed by atoms with Crippen LogP contribution < -0.4 is 0 Å². The van der Waals surface area contributed by atoms with Crippen LogP contribution >= 0.6 is 0 Å². The number of ether oxygens (including phenoxy) is 1. The maximum atomic E-state index is 11.9. The van der Waals surface area contributed by atoms with Crippen LogP contribution in [0.3, 0.4) is 0 Å². The summed E-state index contributed by atoms with van der Waals surface area (Å²) >= 11 is 0. The molecule has 0 atom stereocenters. The lowest BCUT2D eigenvalue weighted by molar-refractivity contribution is -0.384. The van der Waals surface area contributed by atoms with Gasteiger partial charge in [-0.15, -0.1) is 0 Å². The lowest BCUT2D eigenvalue weighted by Gasteiger charge is -2.04. The molecule has 162 valence electrons. The maximum Gasteiger partial charge on any atom is 0.345 e. The number of rotatable bonds is 16. The van der Waals surface area contributed by atoms with E-state index in [1.54, 1.807) is 0 Å². The predicted octanol–water partition coefficient (Wildman–Crippen LogP) is 6.76. The zero-order chi connectivity index (χ0) is 21.3. The molecule has 0 spiro atoms. The van der Waals surface area contributed by atoms with Crippen LogP contribution in [0.4, 0.5) is 5.69 Å². The molecular weight excluding hydrogens is 370 g/mol. The molecule has 0 bridgehead atoms. The molecule has 6 heteroatoms. The summed E-state index contributed by atoms with van der Waals surface area (Å²) in [6.07, 6.45) is 16.1. The fraction of sp³-hybridized carbons (Fsp3) is 0.652. The standard InChI is InChI=1S/C23H35NO5/c1-2-3-4-5-6-7-8-9-10-11-12-13-14-15-22(25)29-23(26)20-16-18-21(19-17-20)24(27)28/h16-19H,2-15H2,1H3. The highest BCUT2D eigenvalue weighted by molar-refractivity contribution is 5.96. The second-order valence-corrected chi connectivity index (χ2v) is 7.56. The zero-order valence-corrected chi connectivity index (χ0v) is 17.7. The lowest BCUT2D eigenvalue weighted by Crippen LogP contribution is -2.12. The fourth-order valence-electron chi connectivity index (χ4n) is 3.22. The summed E-state index contributed by atoms with van der Waals surface area (Å²) in [6.45, 7) is 2.24. The van der Waals surface area contributed by atoms with E-state index in [1.807, 2.05) is 0 Å². The first-order valence-corrected chi connectivity index (χ1v) is 11.0. The smallest absolute Gasteiger partial charge is 0.345 e. The number of esters is 2. The molecule has 0 fully saturated rings. The van der Waals surface area contributed by atoms with Crippen molar-refractivity contribution in [1.82, 2.24) is 0 Å². The molecule has 1 rings (SSSR count). The Morgan fingerprint density at radius 1 is 0.793 bits per heavy atom. The van der Waals surface area contributed by atoms with Crippen molar-refractivity contribution in [3.8, 4) is 0 Å². The first-order chi connectivity index (χ1) is 14.0. The Kier molecular flexibility index (Phi) is 13.4. The minimum atomic E-state index is -0.764. The van der Waals surface area contributed by atoms with E-state index in [1.165, 1.54) is 88.5 Å². The van der Waals surface area contributed by atoms with Gasteiger partial charge < -0.3 is 4.74 Å². The SMILES string of the molecule is CCCCCCCCCCCCCCCC(=O)OC(=O)c1ccc([N+](=O)[O-])cc1. The van der Waals surface area contributed by atoms with Gasteiger partial charge in [-0.1, -0.05) is 84.0 Å². The Labute approximate surface area is 174 Å². The molecule has 29 heavy (non-hydrogen) atoms. The number of hydrogen-bond donors (Lipinski definition) is 0. The third kappa shape index (κ3) is 12.0. The monoisotopic (exact) mass is 405 g/mol. The molecule has 0 aromatic heterocycles. The molecule has 1 aromatic rings. The topological polar surface area (TPSA) is 86.5 Å². The highest BCUT2D eigenvalue weighted by atomic mass is 16.6. The van der Waals surface area contributed by atoms with Gasteiger partial charge in [-0.2, -0.15) is 0 Å². The Hall–Kier alpha value is -2.24. The quantitative estimate of drug-likeness (QED) is 0.0996. The average Bonchev–Trinajstić information content (AvgIpc) is 2.71. The molecule has 0 aliphatic rings. The van der Waals surface area contributed by atoms with Crippen LogP contribution in [-0.2, 0) is 9.53 Å². The van der Waals surface area contributed by atoms with Crippen LogP contribution in [0, 0.1) is 10.1 Å². The van der Waals surface area contributed by atoms with Crippen molar-refractivity contribution < 1.29 is 19.2 Å². The Balaban J connectivity index is 2.00. The first-order valence-electron chi connectivity index (χ1n) is 11.0. The van der Waals surface area contributed by atoms with Crippen LogP contribution in [0.5, 0.6) is 0 Å². The van der Waals surface area contributed by atoms with Crippen molar-refractivity contribution in [3.05, 3.63) is 39.9 Å². The summed E-state index contributed by atoms with van der Waals surface area (Å²) in [5, 5.41) is 10.6. The van der Waals surface area contributed by atoms with Gasteiger partial charge >= 0.3 is 11.9 Å². The van der Waals surface area contributed by atoms with E-state index in [0.717, 1.165) is 12.8 Å². The summed E-state index contributed by atoms with van der Waals surface area (Å²) in [7, 11) is 0. The normalized spacial score (nSPS) is 10.7. The first kappa shape index (κ1) is 24.8. The lowest BCUT2D eigenvalue weighted by atomic mass is 10.0. The van der Waals surface area contributed by atoms with Gasteiger partial charge in [0.05, 0.1) is 10.5 Å². The fourth-order valence-corrected chi connectivity index (χ4v) is 3.22. The number of nitrogens with zero attached hydrogens (tertiary/aromatic N) is 1. The van der Waals surface area contributed by atoms with Gasteiger partial charge in [0.2, 0.25) is 0 Å². The average molecular weight is 406 g/mol. The van der Waals surface area contributed by atoms with Gasteiger partial charge in [0.1, 0.15) is 0 Å². The molecule has 0 amide bonds. The van der Waals surface area contributed by atoms with E-state index in [4.69, 9.17) is 4.74 Å². The van der Waals surface area contributed by atoms with Gasteiger partial charge in [0.25, 0.3) is 5.69 Å². The number of benzene rings is 1. The van der Waals surface area contributed by atoms with Crippen LogP contribution in [0.2, 0.25) is 0 Å². The molecule has 0 unspecified atom stereocenters. The van der Waals surface area contributed by atoms with Crippen molar-refractivity contribution in [2.24, 2.45) is 0 Å². The predicted molar refractivity (Wildman–Crippen MR) is 114 cm³/mol. The van der Waals surface area contributed by atoms with Crippen LogP contribution in [-0.4, -0.2) is 16.9 Å². The highest BCUT2D eigenvalue weighted by Gasteiger charge is 2.14. The molecule has 0 saturated heterocycles. The molecule has 6 nitrogen and oxygen atoms in total. The molecule has 1 aromatic carbocycles. The largest absolute Gasteiger partial charge is 0.389 e. The van der Waals surface area contributed by atoms with Crippen LogP contribution in [0.1, 0.15) is 107 Å². The highest BCUT2D eigenvalue weighted by Crippen LogP contribution is 2.15. The second kappa shape index (κ2) is 15.7. The summed E-state index contributed by atoms with van der Waals surface area (Å²) in [4.78, 5) is 33.7. The number of non-ortho nitro benzene ring substituents is 1. The van der Waals surface area contributed by atoms with Crippen molar-refractivity contribution in [2.45, 2.75) is 96.8 Å². The Morgan fingerprint density at radius 2 is 1.24 bits per heavy atom. The Morgan fingerprint density at radius 3 is 1.69 bits per heavy atom. The molecule has 0 radical (unpaired) electrons. The third-order valence-electron chi connectivity index (χ3n) is 5.00. The van der Waals surface area contributed by atoms with Crippen LogP contribution in [0.25, 0.3) is 0 Å². The molecule has 0 saturated carbocycles. The van der Waals surface area contributed by atoms with E-state index in [0.29, 0.717) is 6.42 Å². The molecular formula is C23H35NO5. The second-order valence-electron chi connectivity index (χ2n) is 7.56. The number of hydrogen-bond acceptors (Lipinski definition) is 5. The maximum absolute atomic E-state index is 11.9. The summed E-state index contributed by atoms with van der Waals surface area (Å²) in [6, 6.07) is 5.01. The molecule has 0 aliphatic heterocycles. The van der Waals surface area contributed by atoms with Crippen molar-refractivity contribution in [3.63, 3.8) is 0 Å². The van der Waals surface area contributed by atoms with Gasteiger partial charge in [-0.05, 0) is 18.6 Å². The summed E-state index contributed by atoms with van der Waals surface area (Å²) in [5.74, 6) is -1.31. The number of carbonyl (C=O) groups excluding carboxylic acids is 2. The van der Waals surface area contributed by atoms with Gasteiger partial charge in [0.15, 0.2) is 0 Å². The number of nitro groups is 1. The van der Waals surface area contributed by atoms with E-state index in [9.17, 15) is 19.7 Å². The van der Waals surface area contributed by atoms with Gasteiger partial charge in [0, 0.05) is 18.6 Å². The van der Waals surface area contributed by atoms with E-state index in [2.05, 4.69) is 6.92 Å². The van der Waals surface area contributed by atoms with E-state index in [-0.39, 0.29) is 17.7 Å². The number of unbranched alkanes of at least 4 members (excludes halogenated alkanes) is 12. The van der Waals surface area contributed by atoms with Crippen molar-refractivity contribution in [1.29, 1.82) is 0 Å². The van der Waals surface area contributed by atoms with E-state index < -0.39 is 16.9 Å². The minimum absolute atomic E-state index is 0.111. The third-order valence-corrected chi connectivity index (χ3v) is 5.00. The number of nitro benzene ring substituents is 1. The molecule has 0 aliphatic carbocycles. The van der Waals surface area contributed by atoms with Gasteiger partial charge in [-0.3, -0.25) is 14.9 Å². The van der Waals surface area contributed by atoms with Crippen molar-refractivity contribution >= 4 is 17.6 Å². The van der Waals surface area contributed by atoms with Crippen LogP contribution in [0.15, 0.2) is 24.3 Å². The number of carbonyl (C=O) groups is 2. The summed E-state index contributed by atoms with van der Waals surface area (Å²) < 4.78 is 4.80. The minimum Gasteiger partial charge on any atom is -0.389 e. The van der Waals surface area contributed by atoms with Crippen molar-refractivity contribution in [2.75, 3.05) is 0 Å². The summed E-state index contributed by atoms with van der Waals surface area (Å²) in [5.41, 5.74) is 0.0224. The van der Waals surface area contributed by atoms with E-state index >= 15 is 0 Å². The molecule has 0 heterocycles. The molecule has 0 N–H and O–H groups in total. The zero-order valence-electron chi connectivity index (χ0n) is 17.7. The van der Waals surface area contributed by atoms with Gasteiger partial charge in [-0.25, -0.2) is 4.79 Å².